The molecule has 16 heavy (non-hydrogen) atoms. The second-order valence-electron chi connectivity index (χ2n) is 3.78. The quantitative estimate of drug-likeness (QED) is 0.859. The Bertz CT molecular complexity index is 529. The Morgan fingerprint density at radius 1 is 1.31 bits per heavy atom. The highest BCUT2D eigenvalue weighted by Crippen LogP contribution is 2.26. The zero-order chi connectivity index (χ0) is 11.1. The van der Waals surface area contributed by atoms with Crippen LogP contribution in [-0.2, 0) is 12.8 Å². The first-order chi connectivity index (χ1) is 7.75. The van der Waals surface area contributed by atoms with E-state index < -0.39 is 0 Å². The first-order valence-corrected chi connectivity index (χ1v) is 5.89. The molecule has 82 valence electrons. The Labute approximate surface area is 101 Å². The van der Waals surface area contributed by atoms with Crippen LogP contribution in [0.2, 0.25) is 0 Å². The lowest BCUT2D eigenvalue weighted by molar-refractivity contribution is 0.823. The van der Waals surface area contributed by atoms with E-state index in [1.807, 2.05) is 6.20 Å². The van der Waals surface area contributed by atoms with E-state index in [4.69, 9.17) is 5.73 Å². The van der Waals surface area contributed by atoms with Gasteiger partial charge >= 0.3 is 0 Å². The summed E-state index contributed by atoms with van der Waals surface area (Å²) >= 11 is 3.34. The van der Waals surface area contributed by atoms with Crippen LogP contribution >= 0.6 is 15.9 Å². The number of nitrogens with two attached hydrogens (primary N) is 1. The first kappa shape index (κ1) is 9.77. The zero-order valence-electron chi connectivity index (χ0n) is 8.52. The topological polar surface area (TPSA) is 69.6 Å². The van der Waals surface area contributed by atoms with Crippen LogP contribution in [0.4, 0.5) is 5.82 Å². The van der Waals surface area contributed by atoms with E-state index in [1.54, 1.807) is 11.0 Å². The zero-order valence-corrected chi connectivity index (χ0v) is 10.1. The Morgan fingerprint density at radius 2 is 2.19 bits per heavy atom. The van der Waals surface area contributed by atoms with Gasteiger partial charge in [0.2, 0.25) is 0 Å². The van der Waals surface area contributed by atoms with Gasteiger partial charge in [0.05, 0.1) is 4.47 Å². The minimum absolute atomic E-state index is 0.477. The van der Waals surface area contributed by atoms with Gasteiger partial charge in [-0.05, 0) is 35.2 Å². The van der Waals surface area contributed by atoms with E-state index in [1.165, 1.54) is 5.56 Å². The molecule has 0 radical (unpaired) electrons. The van der Waals surface area contributed by atoms with Crippen molar-refractivity contribution in [2.24, 2.45) is 0 Å². The van der Waals surface area contributed by atoms with Crippen molar-refractivity contribution < 1.29 is 0 Å². The maximum atomic E-state index is 5.70. The molecule has 1 aliphatic carbocycles. The second-order valence-corrected chi connectivity index (χ2v) is 4.64. The fraction of sp³-hybridized carbons (Fsp3) is 0.300. The molecule has 0 fully saturated rings. The number of fused-ring (bicyclic) bond motifs is 1. The summed E-state index contributed by atoms with van der Waals surface area (Å²) in [4.78, 5) is 8.57. The van der Waals surface area contributed by atoms with Crippen molar-refractivity contribution in [2.45, 2.75) is 19.3 Å². The molecule has 0 amide bonds. The van der Waals surface area contributed by atoms with Crippen LogP contribution in [0.25, 0.3) is 5.82 Å². The van der Waals surface area contributed by atoms with Gasteiger partial charge in [0, 0.05) is 17.5 Å². The number of hydrogen-bond donors (Lipinski definition) is 1. The largest absolute Gasteiger partial charge is 0.381 e. The molecule has 0 unspecified atom stereocenters. The average Bonchev–Trinajstić information content (AvgIpc) is 2.85. The molecule has 1 aliphatic rings. The van der Waals surface area contributed by atoms with Gasteiger partial charge in [-0.15, -0.1) is 5.10 Å². The van der Waals surface area contributed by atoms with Crippen LogP contribution in [0, 0.1) is 0 Å². The monoisotopic (exact) mass is 279 g/mol. The van der Waals surface area contributed by atoms with Crippen molar-refractivity contribution in [1.29, 1.82) is 0 Å². The Morgan fingerprint density at radius 3 is 2.94 bits per heavy atom. The molecule has 0 aromatic carbocycles. The summed E-state index contributed by atoms with van der Waals surface area (Å²) in [6, 6.07) is 0. The summed E-state index contributed by atoms with van der Waals surface area (Å²) < 4.78 is 2.50. The third-order valence-electron chi connectivity index (χ3n) is 2.77. The summed E-state index contributed by atoms with van der Waals surface area (Å²) in [5.74, 6) is 1.32. The molecule has 5 nitrogen and oxygen atoms in total. The fourth-order valence-electron chi connectivity index (χ4n) is 2.01. The molecule has 0 spiro atoms. The SMILES string of the molecule is Nc1nn(-c2ncnc3c2CCC3)cc1Br. The molecule has 0 bridgehead atoms. The summed E-state index contributed by atoms with van der Waals surface area (Å²) in [7, 11) is 0. The third kappa shape index (κ3) is 1.41. The molecule has 2 heterocycles. The normalized spacial score (nSPS) is 14.1. The van der Waals surface area contributed by atoms with Crippen molar-refractivity contribution in [3.05, 3.63) is 28.3 Å². The smallest absolute Gasteiger partial charge is 0.160 e. The van der Waals surface area contributed by atoms with E-state index >= 15 is 0 Å². The molecule has 0 atom stereocenters. The predicted molar refractivity (Wildman–Crippen MR) is 63.3 cm³/mol. The number of anilines is 1. The van der Waals surface area contributed by atoms with E-state index in [-0.39, 0.29) is 0 Å². The van der Waals surface area contributed by atoms with Gasteiger partial charge in [0.1, 0.15) is 6.33 Å². The molecule has 0 saturated carbocycles. The molecule has 0 saturated heterocycles. The number of hydrogen-bond acceptors (Lipinski definition) is 4. The van der Waals surface area contributed by atoms with Crippen molar-refractivity contribution in [1.82, 2.24) is 19.7 Å². The van der Waals surface area contributed by atoms with Crippen LogP contribution < -0.4 is 5.73 Å². The van der Waals surface area contributed by atoms with E-state index in [0.29, 0.717) is 5.82 Å². The summed E-state index contributed by atoms with van der Waals surface area (Å²) in [5.41, 5.74) is 8.03. The van der Waals surface area contributed by atoms with E-state index in [0.717, 1.165) is 35.2 Å². The second kappa shape index (κ2) is 3.55. The minimum Gasteiger partial charge on any atom is -0.381 e. The first-order valence-electron chi connectivity index (χ1n) is 5.09. The van der Waals surface area contributed by atoms with Gasteiger partial charge in [-0.3, -0.25) is 0 Å². The Kier molecular flexibility index (Phi) is 2.17. The van der Waals surface area contributed by atoms with Crippen LogP contribution in [0.3, 0.4) is 0 Å². The average molecular weight is 280 g/mol. The number of nitrogens with zero attached hydrogens (tertiary/aromatic N) is 4. The predicted octanol–water partition coefficient (Wildman–Crippen LogP) is 1.50. The number of nitrogen functional groups attached to an aromatic ring is 1. The van der Waals surface area contributed by atoms with Crippen LogP contribution in [0.5, 0.6) is 0 Å². The highest BCUT2D eigenvalue weighted by atomic mass is 79.9. The van der Waals surface area contributed by atoms with Gasteiger partial charge in [0.25, 0.3) is 0 Å². The Balaban J connectivity index is 2.17. The van der Waals surface area contributed by atoms with Crippen LogP contribution in [-0.4, -0.2) is 19.7 Å². The van der Waals surface area contributed by atoms with Crippen molar-refractivity contribution >= 4 is 21.7 Å². The lowest BCUT2D eigenvalue weighted by atomic mass is 10.2. The van der Waals surface area contributed by atoms with Crippen LogP contribution in [0.1, 0.15) is 17.7 Å². The van der Waals surface area contributed by atoms with E-state index in [2.05, 4.69) is 31.0 Å². The number of aryl methyl sites for hydroxylation is 1. The third-order valence-corrected chi connectivity index (χ3v) is 3.38. The maximum Gasteiger partial charge on any atom is 0.160 e. The van der Waals surface area contributed by atoms with Gasteiger partial charge < -0.3 is 5.73 Å². The number of halogens is 1. The highest BCUT2D eigenvalue weighted by molar-refractivity contribution is 9.10. The van der Waals surface area contributed by atoms with Gasteiger partial charge in [-0.1, -0.05) is 0 Å². The minimum atomic E-state index is 0.477. The van der Waals surface area contributed by atoms with Gasteiger partial charge in [-0.2, -0.15) is 0 Å². The fourth-order valence-corrected chi connectivity index (χ4v) is 2.29. The molecule has 2 aromatic heterocycles. The summed E-state index contributed by atoms with van der Waals surface area (Å²) in [5, 5.41) is 4.22. The van der Waals surface area contributed by atoms with Gasteiger partial charge in [-0.25, -0.2) is 14.6 Å². The van der Waals surface area contributed by atoms with Gasteiger partial charge in [0.15, 0.2) is 11.6 Å². The van der Waals surface area contributed by atoms with Crippen molar-refractivity contribution in [3.63, 3.8) is 0 Å². The number of rotatable bonds is 1. The standard InChI is InChI=1S/C10H10BrN5/c11-7-4-16(15-9(7)12)10-6-2-1-3-8(6)13-5-14-10/h4-5H,1-3H2,(H2,12,15). The van der Waals surface area contributed by atoms with Crippen LogP contribution in [0.15, 0.2) is 17.0 Å². The molecule has 2 aromatic rings. The summed E-state index contributed by atoms with van der Waals surface area (Å²) in [6.45, 7) is 0. The molecule has 6 heteroatoms. The summed E-state index contributed by atoms with van der Waals surface area (Å²) in [6.07, 6.45) is 6.60. The highest BCUT2D eigenvalue weighted by Gasteiger charge is 2.19. The van der Waals surface area contributed by atoms with Crippen molar-refractivity contribution in [3.8, 4) is 5.82 Å². The Hall–Kier alpha value is -1.43. The molecule has 0 aliphatic heterocycles. The molecular formula is C10H10BrN5. The lowest BCUT2D eigenvalue weighted by Gasteiger charge is -2.05. The maximum absolute atomic E-state index is 5.70. The molecule has 3 rings (SSSR count). The molecule has 2 N–H and O–H groups in total. The lowest BCUT2D eigenvalue weighted by Crippen LogP contribution is -2.05. The number of aromatic nitrogens is 4. The van der Waals surface area contributed by atoms with Crippen molar-refractivity contribution in [2.75, 3.05) is 5.73 Å². The molecular weight excluding hydrogens is 270 g/mol. The van der Waals surface area contributed by atoms with E-state index in [9.17, 15) is 0 Å².